The number of hydrogen-bond donors (Lipinski definition) is 1. The molecular weight excluding hydrogens is 238 g/mol. The normalized spacial score (nSPS) is 10.3. The van der Waals surface area contributed by atoms with Gasteiger partial charge in [-0.05, 0) is 12.1 Å². The van der Waals surface area contributed by atoms with E-state index in [9.17, 15) is 14.7 Å². The highest BCUT2D eigenvalue weighted by atomic mass is 16.5. The van der Waals surface area contributed by atoms with Crippen LogP contribution in [0.3, 0.4) is 0 Å². The topological polar surface area (TPSA) is 91.5 Å². The summed E-state index contributed by atoms with van der Waals surface area (Å²) in [5.41, 5.74) is -0.936. The maximum atomic E-state index is 11.7. The van der Waals surface area contributed by atoms with Crippen molar-refractivity contribution in [2.45, 2.75) is 0 Å². The fourth-order valence-corrected chi connectivity index (χ4v) is 1.83. The summed E-state index contributed by atoms with van der Waals surface area (Å²) in [6.45, 7) is 0. The first-order valence-electron chi connectivity index (χ1n) is 5.08. The van der Waals surface area contributed by atoms with E-state index in [1.165, 1.54) is 14.2 Å². The van der Waals surface area contributed by atoms with Crippen molar-refractivity contribution in [3.05, 3.63) is 34.1 Å². The van der Waals surface area contributed by atoms with Crippen molar-refractivity contribution < 1.29 is 19.4 Å². The number of aromatic nitrogens is 1. The Morgan fingerprint density at radius 2 is 2.00 bits per heavy atom. The Kier molecular flexibility index (Phi) is 2.93. The summed E-state index contributed by atoms with van der Waals surface area (Å²) >= 11 is 0. The van der Waals surface area contributed by atoms with E-state index >= 15 is 0 Å². The van der Waals surface area contributed by atoms with Gasteiger partial charge in [-0.3, -0.25) is 4.79 Å². The quantitative estimate of drug-likeness (QED) is 0.819. The van der Waals surface area contributed by atoms with Crippen molar-refractivity contribution >= 4 is 16.9 Å². The molecule has 0 aliphatic rings. The Labute approximate surface area is 102 Å². The van der Waals surface area contributed by atoms with Crippen LogP contribution < -0.4 is 20.1 Å². The molecule has 0 aliphatic heterocycles. The van der Waals surface area contributed by atoms with Crippen molar-refractivity contribution in [1.29, 1.82) is 0 Å². The lowest BCUT2D eigenvalue weighted by Crippen LogP contribution is -2.30. The molecule has 6 nitrogen and oxygen atoms in total. The van der Waals surface area contributed by atoms with E-state index in [1.54, 1.807) is 18.2 Å². The summed E-state index contributed by atoms with van der Waals surface area (Å²) in [7, 11) is 2.74. The molecule has 1 aromatic carbocycles. The van der Waals surface area contributed by atoms with E-state index in [2.05, 4.69) is 4.98 Å². The van der Waals surface area contributed by atoms with Crippen LogP contribution in [0.15, 0.2) is 23.0 Å². The van der Waals surface area contributed by atoms with Gasteiger partial charge >= 0.3 is 0 Å². The molecule has 18 heavy (non-hydrogen) atoms. The van der Waals surface area contributed by atoms with Gasteiger partial charge in [-0.25, -0.2) is 0 Å². The molecule has 0 radical (unpaired) electrons. The number of pyridine rings is 1. The number of carboxylic acid groups (broad SMARTS) is 1. The first kappa shape index (κ1) is 12.0. The van der Waals surface area contributed by atoms with Crippen LogP contribution in [0.5, 0.6) is 11.5 Å². The molecule has 0 atom stereocenters. The third-order valence-corrected chi connectivity index (χ3v) is 2.59. The Morgan fingerprint density at radius 3 is 2.56 bits per heavy atom. The maximum Gasteiger partial charge on any atom is 0.261 e. The van der Waals surface area contributed by atoms with Gasteiger partial charge in [0.2, 0.25) is 0 Å². The first-order valence-corrected chi connectivity index (χ1v) is 5.08. The molecule has 0 spiro atoms. The molecule has 2 rings (SSSR count). The van der Waals surface area contributed by atoms with Gasteiger partial charge in [-0.2, -0.15) is 0 Å². The summed E-state index contributed by atoms with van der Waals surface area (Å²) < 4.78 is 10.1. The van der Waals surface area contributed by atoms with Crippen molar-refractivity contribution in [2.24, 2.45) is 0 Å². The minimum atomic E-state index is -1.59. The summed E-state index contributed by atoms with van der Waals surface area (Å²) in [5, 5.41) is 11.4. The molecule has 0 unspecified atom stereocenters. The molecule has 1 N–H and O–H groups in total. The molecule has 94 valence electrons. The van der Waals surface area contributed by atoms with Crippen molar-refractivity contribution in [2.75, 3.05) is 14.2 Å². The van der Waals surface area contributed by atoms with Crippen LogP contribution in [0, 0.1) is 0 Å². The highest BCUT2D eigenvalue weighted by molar-refractivity contribution is 5.99. The fourth-order valence-electron chi connectivity index (χ4n) is 1.83. The van der Waals surface area contributed by atoms with Gasteiger partial charge in [0.1, 0.15) is 17.1 Å². The first-order chi connectivity index (χ1) is 8.60. The zero-order chi connectivity index (χ0) is 13.3. The van der Waals surface area contributed by atoms with Gasteiger partial charge in [0.05, 0.1) is 25.7 Å². The number of aromatic amines is 1. The van der Waals surface area contributed by atoms with Crippen LogP contribution in [0.1, 0.15) is 10.4 Å². The van der Waals surface area contributed by atoms with Crippen molar-refractivity contribution in [3.8, 4) is 11.5 Å². The number of H-pyrrole nitrogens is 1. The van der Waals surface area contributed by atoms with E-state index < -0.39 is 17.1 Å². The molecule has 2 aromatic rings. The van der Waals surface area contributed by atoms with Gasteiger partial charge in [0.25, 0.3) is 5.56 Å². The van der Waals surface area contributed by atoms with Gasteiger partial charge in [-0.1, -0.05) is 6.07 Å². The van der Waals surface area contributed by atoms with Crippen molar-refractivity contribution in [3.63, 3.8) is 0 Å². The maximum absolute atomic E-state index is 11.7. The van der Waals surface area contributed by atoms with Crippen LogP contribution in [0.2, 0.25) is 0 Å². The predicted octanol–water partition coefficient (Wildman–Crippen LogP) is -0.0912. The summed E-state index contributed by atoms with van der Waals surface area (Å²) in [4.78, 5) is 25.1. The molecule has 0 saturated heterocycles. The highest BCUT2D eigenvalue weighted by Gasteiger charge is 2.16. The Balaban J connectivity index is 2.97. The monoisotopic (exact) mass is 248 g/mol. The van der Waals surface area contributed by atoms with E-state index in [4.69, 9.17) is 9.47 Å². The number of aromatic carboxylic acids is 1. The number of para-hydroxylation sites is 1. The lowest BCUT2D eigenvalue weighted by molar-refractivity contribution is -0.255. The second-order valence-corrected chi connectivity index (χ2v) is 3.53. The van der Waals surface area contributed by atoms with Crippen LogP contribution in [0.25, 0.3) is 10.9 Å². The number of carbonyl (C=O) groups excluding carboxylic acids is 1. The van der Waals surface area contributed by atoms with Crippen LogP contribution in [-0.4, -0.2) is 25.2 Å². The standard InChI is InChI=1S/C12H11NO5/c1-17-7-5-3-4-6-9(7)13-11(14)8(12(15)16)10(6)18-2/h3-5H,1-2H3,(H,13,14)(H,15,16)/p-1. The van der Waals surface area contributed by atoms with Crippen LogP contribution >= 0.6 is 0 Å². The largest absolute Gasteiger partial charge is 0.544 e. The lowest BCUT2D eigenvalue weighted by Gasteiger charge is -2.13. The van der Waals surface area contributed by atoms with Crippen molar-refractivity contribution in [1.82, 2.24) is 4.98 Å². The third-order valence-electron chi connectivity index (χ3n) is 2.59. The van der Waals surface area contributed by atoms with E-state index in [0.717, 1.165) is 0 Å². The summed E-state index contributed by atoms with van der Waals surface area (Å²) in [6.07, 6.45) is 0. The van der Waals surface area contributed by atoms with E-state index in [0.29, 0.717) is 16.7 Å². The molecule has 0 aliphatic carbocycles. The fraction of sp³-hybridized carbons (Fsp3) is 0.167. The molecule has 0 fully saturated rings. The number of benzene rings is 1. The zero-order valence-corrected chi connectivity index (χ0v) is 9.77. The summed E-state index contributed by atoms with van der Waals surface area (Å²) in [5.74, 6) is -1.20. The number of hydrogen-bond acceptors (Lipinski definition) is 5. The smallest absolute Gasteiger partial charge is 0.261 e. The lowest BCUT2D eigenvalue weighted by atomic mass is 10.1. The Morgan fingerprint density at radius 1 is 1.28 bits per heavy atom. The number of methoxy groups -OCH3 is 2. The average Bonchev–Trinajstić information content (AvgIpc) is 2.35. The van der Waals surface area contributed by atoms with Gasteiger partial charge < -0.3 is 24.4 Å². The molecule has 1 heterocycles. The second kappa shape index (κ2) is 4.40. The van der Waals surface area contributed by atoms with Gasteiger partial charge in [0.15, 0.2) is 0 Å². The average molecular weight is 248 g/mol. The van der Waals surface area contributed by atoms with Crippen LogP contribution in [0.4, 0.5) is 0 Å². The SMILES string of the molecule is COc1c(C(=O)[O-])c(=O)[nH]c2c(OC)cccc12. The van der Waals surface area contributed by atoms with E-state index in [1.807, 2.05) is 0 Å². The number of rotatable bonds is 3. The Bertz CT molecular complexity index is 674. The Hall–Kier alpha value is -2.50. The molecule has 0 saturated carbocycles. The predicted molar refractivity (Wildman–Crippen MR) is 62.0 cm³/mol. The molecule has 0 bridgehead atoms. The molecule has 1 aromatic heterocycles. The minimum Gasteiger partial charge on any atom is -0.544 e. The third kappa shape index (κ3) is 1.67. The van der Waals surface area contributed by atoms with Gasteiger partial charge in [0, 0.05) is 5.39 Å². The zero-order valence-electron chi connectivity index (χ0n) is 9.77. The number of fused-ring (bicyclic) bond motifs is 1. The second-order valence-electron chi connectivity index (χ2n) is 3.53. The highest BCUT2D eigenvalue weighted by Crippen LogP contribution is 2.30. The van der Waals surface area contributed by atoms with Gasteiger partial charge in [-0.15, -0.1) is 0 Å². The number of nitrogens with one attached hydrogen (secondary N) is 1. The summed E-state index contributed by atoms with van der Waals surface area (Å²) in [6, 6.07) is 4.94. The van der Waals surface area contributed by atoms with E-state index in [-0.39, 0.29) is 5.75 Å². The molecule has 0 amide bonds. The number of ether oxygens (including phenoxy) is 2. The number of carboxylic acids is 1. The molecular formula is C12H10NO5-. The van der Waals surface area contributed by atoms with Crippen LogP contribution in [-0.2, 0) is 0 Å². The molecule has 6 heteroatoms. The minimum absolute atomic E-state index is 0.0346. The number of carbonyl (C=O) groups is 1.